The van der Waals surface area contributed by atoms with Crippen molar-refractivity contribution in [3.05, 3.63) is 65.2 Å². The number of hydrogen-bond donors (Lipinski definition) is 2. The summed E-state index contributed by atoms with van der Waals surface area (Å²) in [5.74, 6) is 0.854. The maximum Gasteiger partial charge on any atom is 0.119 e. The number of benzene rings is 2. The van der Waals surface area contributed by atoms with Gasteiger partial charge in [0, 0.05) is 0 Å². The van der Waals surface area contributed by atoms with Gasteiger partial charge in [0.05, 0.1) is 6.61 Å². The molecule has 0 aromatic heterocycles. The molecule has 0 amide bonds. The van der Waals surface area contributed by atoms with E-state index in [4.69, 9.17) is 15.6 Å². The molecule has 0 fully saturated rings. The van der Waals surface area contributed by atoms with E-state index in [1.54, 1.807) is 0 Å². The van der Waals surface area contributed by atoms with E-state index in [0.717, 1.165) is 23.3 Å². The van der Waals surface area contributed by atoms with E-state index >= 15 is 0 Å². The zero-order valence-corrected chi connectivity index (χ0v) is 10.9. The van der Waals surface area contributed by atoms with Crippen LogP contribution in [-0.4, -0.2) is 11.7 Å². The van der Waals surface area contributed by atoms with Crippen molar-refractivity contribution < 1.29 is 9.84 Å². The first-order chi connectivity index (χ1) is 9.31. The Morgan fingerprint density at radius 2 is 1.42 bits per heavy atom. The van der Waals surface area contributed by atoms with Crippen LogP contribution in [0.15, 0.2) is 48.5 Å². The number of ether oxygens (including phenoxy) is 1. The van der Waals surface area contributed by atoms with Crippen molar-refractivity contribution in [2.24, 2.45) is 5.73 Å². The first kappa shape index (κ1) is 13.6. The molecule has 0 aliphatic rings. The third-order valence-electron chi connectivity index (χ3n) is 2.97. The maximum absolute atomic E-state index is 8.97. The van der Waals surface area contributed by atoms with Gasteiger partial charge in [-0.05, 0) is 41.8 Å². The fraction of sp³-hybridized carbons (Fsp3) is 0.250. The van der Waals surface area contributed by atoms with Crippen LogP contribution >= 0.6 is 0 Å². The Hall–Kier alpha value is -1.84. The van der Waals surface area contributed by atoms with Crippen LogP contribution in [0.3, 0.4) is 0 Å². The highest BCUT2D eigenvalue weighted by molar-refractivity contribution is 5.28. The van der Waals surface area contributed by atoms with E-state index in [2.05, 4.69) is 0 Å². The molecule has 0 bridgehead atoms. The quantitative estimate of drug-likeness (QED) is 0.834. The summed E-state index contributed by atoms with van der Waals surface area (Å²) in [7, 11) is 0. The van der Waals surface area contributed by atoms with Crippen molar-refractivity contribution in [3.63, 3.8) is 0 Å². The second-order valence-electron chi connectivity index (χ2n) is 4.45. The SMILES string of the molecule is NCCc1ccc(OCc2ccc(CO)cc2)cc1. The molecular formula is C16H19NO2. The molecule has 0 aliphatic heterocycles. The van der Waals surface area contributed by atoms with Crippen LogP contribution in [0.2, 0.25) is 0 Å². The molecule has 2 aromatic rings. The van der Waals surface area contributed by atoms with E-state index in [1.165, 1.54) is 5.56 Å². The first-order valence-corrected chi connectivity index (χ1v) is 6.42. The molecule has 3 heteroatoms. The van der Waals surface area contributed by atoms with Crippen LogP contribution < -0.4 is 10.5 Å². The lowest BCUT2D eigenvalue weighted by Crippen LogP contribution is -2.02. The van der Waals surface area contributed by atoms with Gasteiger partial charge < -0.3 is 15.6 Å². The van der Waals surface area contributed by atoms with Crippen LogP contribution in [0.5, 0.6) is 5.75 Å². The zero-order chi connectivity index (χ0) is 13.5. The normalized spacial score (nSPS) is 10.4. The molecule has 2 rings (SSSR count). The second kappa shape index (κ2) is 6.92. The molecule has 0 atom stereocenters. The van der Waals surface area contributed by atoms with Gasteiger partial charge in [0.2, 0.25) is 0 Å². The average Bonchev–Trinajstić information content (AvgIpc) is 2.47. The summed E-state index contributed by atoms with van der Waals surface area (Å²) in [5.41, 5.74) is 8.73. The molecule has 3 nitrogen and oxygen atoms in total. The van der Waals surface area contributed by atoms with Crippen LogP contribution in [0, 0.1) is 0 Å². The van der Waals surface area contributed by atoms with Crippen LogP contribution in [0.25, 0.3) is 0 Å². The molecule has 0 aliphatic carbocycles. The Morgan fingerprint density at radius 3 is 2.00 bits per heavy atom. The molecule has 100 valence electrons. The Labute approximate surface area is 113 Å². The van der Waals surface area contributed by atoms with Crippen LogP contribution in [-0.2, 0) is 19.6 Å². The summed E-state index contributed by atoms with van der Waals surface area (Å²) in [6.45, 7) is 1.27. The van der Waals surface area contributed by atoms with Gasteiger partial charge in [-0.2, -0.15) is 0 Å². The minimum atomic E-state index is 0.0732. The fourth-order valence-electron chi connectivity index (χ4n) is 1.83. The highest BCUT2D eigenvalue weighted by Gasteiger charge is 1.98. The summed E-state index contributed by atoms with van der Waals surface area (Å²) in [5, 5.41) is 8.97. The van der Waals surface area contributed by atoms with Crippen LogP contribution in [0.1, 0.15) is 16.7 Å². The van der Waals surface area contributed by atoms with E-state index < -0.39 is 0 Å². The van der Waals surface area contributed by atoms with Crippen molar-refractivity contribution in [1.29, 1.82) is 0 Å². The van der Waals surface area contributed by atoms with E-state index in [-0.39, 0.29) is 6.61 Å². The van der Waals surface area contributed by atoms with E-state index in [9.17, 15) is 0 Å². The monoisotopic (exact) mass is 257 g/mol. The molecular weight excluding hydrogens is 238 g/mol. The molecule has 0 saturated heterocycles. The molecule has 0 saturated carbocycles. The molecule has 0 heterocycles. The van der Waals surface area contributed by atoms with E-state index in [0.29, 0.717) is 13.2 Å². The van der Waals surface area contributed by atoms with Crippen molar-refractivity contribution in [2.75, 3.05) is 6.54 Å². The third-order valence-corrected chi connectivity index (χ3v) is 2.97. The lowest BCUT2D eigenvalue weighted by atomic mass is 10.1. The summed E-state index contributed by atoms with van der Waals surface area (Å²) < 4.78 is 5.70. The second-order valence-corrected chi connectivity index (χ2v) is 4.45. The van der Waals surface area contributed by atoms with Gasteiger partial charge in [-0.1, -0.05) is 36.4 Å². The Kier molecular flexibility index (Phi) is 4.95. The van der Waals surface area contributed by atoms with Gasteiger partial charge >= 0.3 is 0 Å². The number of hydrogen-bond acceptors (Lipinski definition) is 3. The summed E-state index contributed by atoms with van der Waals surface area (Å²) in [4.78, 5) is 0. The molecule has 2 aromatic carbocycles. The number of aliphatic hydroxyl groups is 1. The largest absolute Gasteiger partial charge is 0.489 e. The Balaban J connectivity index is 1.90. The average molecular weight is 257 g/mol. The fourth-order valence-corrected chi connectivity index (χ4v) is 1.83. The van der Waals surface area contributed by atoms with Gasteiger partial charge in [0.15, 0.2) is 0 Å². The van der Waals surface area contributed by atoms with E-state index in [1.807, 2.05) is 48.5 Å². The minimum Gasteiger partial charge on any atom is -0.489 e. The van der Waals surface area contributed by atoms with Gasteiger partial charge in [-0.3, -0.25) is 0 Å². The summed E-state index contributed by atoms with van der Waals surface area (Å²) in [6, 6.07) is 15.8. The number of nitrogens with two attached hydrogens (primary N) is 1. The molecule has 3 N–H and O–H groups in total. The minimum absolute atomic E-state index is 0.0732. The highest BCUT2D eigenvalue weighted by atomic mass is 16.5. The first-order valence-electron chi connectivity index (χ1n) is 6.42. The van der Waals surface area contributed by atoms with Gasteiger partial charge in [-0.15, -0.1) is 0 Å². The predicted octanol–water partition coefficient (Wildman–Crippen LogP) is 2.26. The Morgan fingerprint density at radius 1 is 0.842 bits per heavy atom. The lowest BCUT2D eigenvalue weighted by molar-refractivity contribution is 0.281. The molecule has 0 unspecified atom stereocenters. The highest BCUT2D eigenvalue weighted by Crippen LogP contribution is 2.14. The topological polar surface area (TPSA) is 55.5 Å². The smallest absolute Gasteiger partial charge is 0.119 e. The third kappa shape index (κ3) is 4.09. The molecule has 0 radical (unpaired) electrons. The standard InChI is InChI=1S/C16H19NO2/c17-10-9-13-5-7-16(8-6-13)19-12-15-3-1-14(11-18)2-4-15/h1-8,18H,9-12,17H2. The van der Waals surface area contributed by atoms with Crippen molar-refractivity contribution in [1.82, 2.24) is 0 Å². The number of aliphatic hydroxyl groups excluding tert-OH is 1. The predicted molar refractivity (Wildman–Crippen MR) is 75.9 cm³/mol. The van der Waals surface area contributed by atoms with Gasteiger partial charge in [0.1, 0.15) is 12.4 Å². The molecule has 19 heavy (non-hydrogen) atoms. The Bertz CT molecular complexity index is 491. The summed E-state index contributed by atoms with van der Waals surface area (Å²) in [6.07, 6.45) is 0.892. The number of rotatable bonds is 6. The summed E-state index contributed by atoms with van der Waals surface area (Å²) >= 11 is 0. The van der Waals surface area contributed by atoms with Gasteiger partial charge in [0.25, 0.3) is 0 Å². The van der Waals surface area contributed by atoms with Crippen molar-refractivity contribution in [2.45, 2.75) is 19.6 Å². The van der Waals surface area contributed by atoms with Crippen LogP contribution in [0.4, 0.5) is 0 Å². The lowest BCUT2D eigenvalue weighted by Gasteiger charge is -2.07. The van der Waals surface area contributed by atoms with Gasteiger partial charge in [-0.25, -0.2) is 0 Å². The molecule has 0 spiro atoms. The maximum atomic E-state index is 8.97. The van der Waals surface area contributed by atoms with Crippen molar-refractivity contribution in [3.8, 4) is 5.75 Å². The zero-order valence-electron chi connectivity index (χ0n) is 10.9. The van der Waals surface area contributed by atoms with Crippen molar-refractivity contribution >= 4 is 0 Å².